The second kappa shape index (κ2) is 5.60. The molecule has 5 heteroatoms. The van der Waals surface area contributed by atoms with Crippen LogP contribution in [0, 0.1) is 5.92 Å². The van der Waals surface area contributed by atoms with E-state index in [4.69, 9.17) is 5.73 Å². The number of aromatic amines is 1. The first kappa shape index (κ1) is 13.7. The van der Waals surface area contributed by atoms with Crippen LogP contribution in [0.5, 0.6) is 0 Å². The fourth-order valence-electron chi connectivity index (χ4n) is 2.99. The van der Waals surface area contributed by atoms with Crippen molar-refractivity contribution in [2.45, 2.75) is 19.3 Å². The summed E-state index contributed by atoms with van der Waals surface area (Å²) in [4.78, 5) is 28.7. The molecule has 1 aliphatic heterocycles. The summed E-state index contributed by atoms with van der Waals surface area (Å²) in [5.74, 6) is -0.448. The van der Waals surface area contributed by atoms with Gasteiger partial charge in [0, 0.05) is 30.2 Å². The molecule has 0 radical (unpaired) electrons. The Balaban J connectivity index is 1.72. The predicted molar refractivity (Wildman–Crippen MR) is 80.5 cm³/mol. The Morgan fingerprint density at radius 1 is 1.33 bits per heavy atom. The first-order chi connectivity index (χ1) is 10.1. The molecule has 1 atom stereocenters. The minimum atomic E-state index is -0.306. The molecule has 0 saturated carbocycles. The van der Waals surface area contributed by atoms with Gasteiger partial charge in [0.15, 0.2) is 0 Å². The van der Waals surface area contributed by atoms with E-state index in [9.17, 15) is 9.59 Å². The van der Waals surface area contributed by atoms with Crippen LogP contribution in [0.15, 0.2) is 30.5 Å². The van der Waals surface area contributed by atoms with Crippen molar-refractivity contribution in [3.63, 3.8) is 0 Å². The van der Waals surface area contributed by atoms with Crippen LogP contribution in [0.1, 0.15) is 18.4 Å². The van der Waals surface area contributed by atoms with Crippen molar-refractivity contribution in [3.05, 3.63) is 36.0 Å². The SMILES string of the molecule is NC(=O)C1CCCN(C(=O)Cc2c[nH]c3ccccc23)C1. The van der Waals surface area contributed by atoms with Crippen LogP contribution >= 0.6 is 0 Å². The number of hydrogen-bond acceptors (Lipinski definition) is 2. The van der Waals surface area contributed by atoms with Crippen LogP contribution in [-0.2, 0) is 16.0 Å². The zero-order chi connectivity index (χ0) is 14.8. The fourth-order valence-corrected chi connectivity index (χ4v) is 2.99. The molecule has 5 nitrogen and oxygen atoms in total. The first-order valence-corrected chi connectivity index (χ1v) is 7.27. The third-order valence-corrected chi connectivity index (χ3v) is 4.19. The van der Waals surface area contributed by atoms with Gasteiger partial charge in [0.05, 0.1) is 12.3 Å². The van der Waals surface area contributed by atoms with Crippen molar-refractivity contribution in [3.8, 4) is 0 Å². The Kier molecular flexibility index (Phi) is 3.64. The molecular weight excluding hydrogens is 266 g/mol. The number of primary amides is 1. The van der Waals surface area contributed by atoms with Gasteiger partial charge in [-0.1, -0.05) is 18.2 Å². The van der Waals surface area contributed by atoms with E-state index in [1.54, 1.807) is 4.90 Å². The first-order valence-electron chi connectivity index (χ1n) is 7.27. The molecule has 2 heterocycles. The number of likely N-dealkylation sites (tertiary alicyclic amines) is 1. The lowest BCUT2D eigenvalue weighted by atomic mass is 9.97. The summed E-state index contributed by atoms with van der Waals surface area (Å²) >= 11 is 0. The van der Waals surface area contributed by atoms with Gasteiger partial charge in [-0.2, -0.15) is 0 Å². The van der Waals surface area contributed by atoms with E-state index in [0.717, 1.165) is 29.3 Å². The van der Waals surface area contributed by atoms with Crippen molar-refractivity contribution in [1.82, 2.24) is 9.88 Å². The van der Waals surface area contributed by atoms with E-state index >= 15 is 0 Å². The normalized spacial score (nSPS) is 18.9. The van der Waals surface area contributed by atoms with Gasteiger partial charge in [0.25, 0.3) is 0 Å². The van der Waals surface area contributed by atoms with Crippen LogP contribution in [0.25, 0.3) is 10.9 Å². The zero-order valence-electron chi connectivity index (χ0n) is 11.8. The minimum Gasteiger partial charge on any atom is -0.369 e. The highest BCUT2D eigenvalue weighted by Gasteiger charge is 2.27. The number of nitrogens with zero attached hydrogens (tertiary/aromatic N) is 1. The number of rotatable bonds is 3. The average molecular weight is 285 g/mol. The molecule has 0 bridgehead atoms. The van der Waals surface area contributed by atoms with E-state index < -0.39 is 0 Å². The molecule has 21 heavy (non-hydrogen) atoms. The van der Waals surface area contributed by atoms with E-state index in [1.165, 1.54) is 0 Å². The topological polar surface area (TPSA) is 79.2 Å². The van der Waals surface area contributed by atoms with Crippen LogP contribution < -0.4 is 5.73 Å². The maximum atomic E-state index is 12.4. The number of H-pyrrole nitrogens is 1. The second-order valence-corrected chi connectivity index (χ2v) is 5.62. The average Bonchev–Trinajstić information content (AvgIpc) is 2.91. The van der Waals surface area contributed by atoms with Crippen molar-refractivity contribution in [1.29, 1.82) is 0 Å². The molecule has 1 aromatic heterocycles. The zero-order valence-corrected chi connectivity index (χ0v) is 11.8. The van der Waals surface area contributed by atoms with Gasteiger partial charge in [-0.05, 0) is 24.5 Å². The third kappa shape index (κ3) is 2.77. The Bertz CT molecular complexity index is 677. The number of amides is 2. The molecule has 1 saturated heterocycles. The van der Waals surface area contributed by atoms with Gasteiger partial charge in [-0.15, -0.1) is 0 Å². The highest BCUT2D eigenvalue weighted by Crippen LogP contribution is 2.21. The molecule has 1 fully saturated rings. The maximum absolute atomic E-state index is 12.4. The number of piperidine rings is 1. The Labute approximate surface area is 123 Å². The summed E-state index contributed by atoms with van der Waals surface area (Å²) in [6.07, 6.45) is 3.87. The molecule has 1 unspecified atom stereocenters. The largest absolute Gasteiger partial charge is 0.369 e. The van der Waals surface area contributed by atoms with Gasteiger partial charge in [-0.25, -0.2) is 0 Å². The van der Waals surface area contributed by atoms with Gasteiger partial charge >= 0.3 is 0 Å². The highest BCUT2D eigenvalue weighted by atomic mass is 16.2. The lowest BCUT2D eigenvalue weighted by Crippen LogP contribution is -2.44. The van der Waals surface area contributed by atoms with E-state index in [1.807, 2.05) is 30.5 Å². The lowest BCUT2D eigenvalue weighted by molar-refractivity contribution is -0.134. The number of fused-ring (bicyclic) bond motifs is 1. The minimum absolute atomic E-state index is 0.0608. The number of carbonyl (C=O) groups excluding carboxylic acids is 2. The molecule has 0 spiro atoms. The van der Waals surface area contributed by atoms with Crippen molar-refractivity contribution >= 4 is 22.7 Å². The summed E-state index contributed by atoms with van der Waals surface area (Å²) in [6.45, 7) is 1.17. The number of para-hydroxylation sites is 1. The quantitative estimate of drug-likeness (QED) is 0.894. The standard InChI is InChI=1S/C16H19N3O2/c17-16(21)11-4-3-7-19(10-11)15(20)8-12-9-18-14-6-2-1-5-13(12)14/h1-2,5-6,9,11,18H,3-4,7-8,10H2,(H2,17,21). The molecule has 1 aliphatic rings. The molecule has 2 aromatic rings. The van der Waals surface area contributed by atoms with Gasteiger partial charge in [0.1, 0.15) is 0 Å². The Morgan fingerprint density at radius 2 is 2.14 bits per heavy atom. The highest BCUT2D eigenvalue weighted by molar-refractivity contribution is 5.89. The Morgan fingerprint density at radius 3 is 2.95 bits per heavy atom. The molecule has 0 aliphatic carbocycles. The maximum Gasteiger partial charge on any atom is 0.227 e. The van der Waals surface area contributed by atoms with Crippen LogP contribution in [0.2, 0.25) is 0 Å². The number of benzene rings is 1. The van der Waals surface area contributed by atoms with Gasteiger partial charge < -0.3 is 15.6 Å². The van der Waals surface area contributed by atoms with Crippen LogP contribution in [0.3, 0.4) is 0 Å². The van der Waals surface area contributed by atoms with E-state index in [0.29, 0.717) is 19.5 Å². The fraction of sp³-hybridized carbons (Fsp3) is 0.375. The number of aromatic nitrogens is 1. The third-order valence-electron chi connectivity index (χ3n) is 4.19. The van der Waals surface area contributed by atoms with Crippen LogP contribution in [0.4, 0.5) is 0 Å². The number of nitrogens with one attached hydrogen (secondary N) is 1. The molecule has 3 N–H and O–H groups in total. The molecular formula is C16H19N3O2. The number of nitrogens with two attached hydrogens (primary N) is 1. The summed E-state index contributed by atoms with van der Waals surface area (Å²) in [6, 6.07) is 7.94. The number of carbonyl (C=O) groups is 2. The van der Waals surface area contributed by atoms with Gasteiger partial charge in [-0.3, -0.25) is 9.59 Å². The summed E-state index contributed by atoms with van der Waals surface area (Å²) in [5.41, 5.74) is 7.39. The van der Waals surface area contributed by atoms with Gasteiger partial charge in [0.2, 0.25) is 11.8 Å². The van der Waals surface area contributed by atoms with Crippen molar-refractivity contribution in [2.24, 2.45) is 11.7 Å². The summed E-state index contributed by atoms with van der Waals surface area (Å²) < 4.78 is 0. The summed E-state index contributed by atoms with van der Waals surface area (Å²) in [7, 11) is 0. The van der Waals surface area contributed by atoms with Crippen LogP contribution in [-0.4, -0.2) is 34.8 Å². The lowest BCUT2D eigenvalue weighted by Gasteiger charge is -2.31. The van der Waals surface area contributed by atoms with E-state index in [2.05, 4.69) is 4.98 Å². The Hall–Kier alpha value is -2.30. The molecule has 2 amide bonds. The molecule has 1 aromatic carbocycles. The smallest absolute Gasteiger partial charge is 0.227 e. The monoisotopic (exact) mass is 285 g/mol. The van der Waals surface area contributed by atoms with Crippen molar-refractivity contribution in [2.75, 3.05) is 13.1 Å². The number of hydrogen-bond donors (Lipinski definition) is 2. The molecule has 3 rings (SSSR count). The van der Waals surface area contributed by atoms with E-state index in [-0.39, 0.29) is 17.7 Å². The summed E-state index contributed by atoms with van der Waals surface area (Å²) in [5, 5.41) is 1.08. The molecule has 110 valence electrons. The predicted octanol–water partition coefficient (Wildman–Crippen LogP) is 1.43. The van der Waals surface area contributed by atoms with Crippen molar-refractivity contribution < 1.29 is 9.59 Å². The second-order valence-electron chi connectivity index (χ2n) is 5.62.